The first-order valence-electron chi connectivity index (χ1n) is 8.43. The Morgan fingerprint density at radius 1 is 1.17 bits per heavy atom. The molecular formula is C19H25N3OS. The maximum atomic E-state index is 12.4. The SMILES string of the molecule is Cc1ccc(C(=O)NCC(c2ccsc2)N2CCN(C)CC2)cc1. The highest BCUT2D eigenvalue weighted by atomic mass is 32.1. The van der Waals surface area contributed by atoms with Gasteiger partial charge in [-0.3, -0.25) is 9.69 Å². The number of amides is 1. The monoisotopic (exact) mass is 343 g/mol. The van der Waals surface area contributed by atoms with E-state index in [1.807, 2.05) is 31.2 Å². The third kappa shape index (κ3) is 4.23. The van der Waals surface area contributed by atoms with E-state index in [1.54, 1.807) is 11.3 Å². The lowest BCUT2D eigenvalue weighted by atomic mass is 10.1. The minimum atomic E-state index is 0.00403. The fourth-order valence-corrected chi connectivity index (χ4v) is 3.76. The normalized spacial score (nSPS) is 17.6. The van der Waals surface area contributed by atoms with Crippen LogP contribution >= 0.6 is 11.3 Å². The summed E-state index contributed by atoms with van der Waals surface area (Å²) < 4.78 is 0. The van der Waals surface area contributed by atoms with Gasteiger partial charge >= 0.3 is 0 Å². The number of carbonyl (C=O) groups excluding carboxylic acids is 1. The van der Waals surface area contributed by atoms with E-state index in [0.717, 1.165) is 31.7 Å². The Kier molecular flexibility index (Phi) is 5.66. The Morgan fingerprint density at radius 3 is 2.50 bits per heavy atom. The predicted molar refractivity (Wildman–Crippen MR) is 99.6 cm³/mol. The summed E-state index contributed by atoms with van der Waals surface area (Å²) in [7, 11) is 2.16. The van der Waals surface area contributed by atoms with Crippen LogP contribution < -0.4 is 5.32 Å². The van der Waals surface area contributed by atoms with E-state index in [4.69, 9.17) is 0 Å². The molecule has 1 aliphatic heterocycles. The number of hydrogen-bond acceptors (Lipinski definition) is 4. The first kappa shape index (κ1) is 17.1. The van der Waals surface area contributed by atoms with Crippen molar-refractivity contribution >= 4 is 17.2 Å². The van der Waals surface area contributed by atoms with Crippen molar-refractivity contribution in [3.63, 3.8) is 0 Å². The van der Waals surface area contributed by atoms with Gasteiger partial charge in [0.15, 0.2) is 0 Å². The molecule has 0 spiro atoms. The lowest BCUT2D eigenvalue weighted by Crippen LogP contribution is -2.48. The molecule has 0 bridgehead atoms. The second kappa shape index (κ2) is 7.92. The maximum absolute atomic E-state index is 12.4. The molecule has 24 heavy (non-hydrogen) atoms. The maximum Gasteiger partial charge on any atom is 0.251 e. The molecule has 2 heterocycles. The molecule has 2 aromatic rings. The van der Waals surface area contributed by atoms with E-state index in [0.29, 0.717) is 6.54 Å². The summed E-state index contributed by atoms with van der Waals surface area (Å²) in [5, 5.41) is 7.43. The fourth-order valence-electron chi connectivity index (χ4n) is 3.05. The molecule has 4 nitrogen and oxygen atoms in total. The Labute approximate surface area is 148 Å². The van der Waals surface area contributed by atoms with Gasteiger partial charge in [0.2, 0.25) is 0 Å². The zero-order valence-corrected chi connectivity index (χ0v) is 15.2. The topological polar surface area (TPSA) is 35.6 Å². The van der Waals surface area contributed by atoms with Gasteiger partial charge in [0.25, 0.3) is 5.91 Å². The van der Waals surface area contributed by atoms with Crippen LogP contribution in [0.5, 0.6) is 0 Å². The molecule has 1 unspecified atom stereocenters. The van der Waals surface area contributed by atoms with Crippen LogP contribution in [-0.4, -0.2) is 55.5 Å². The molecule has 0 saturated carbocycles. The molecule has 128 valence electrons. The first-order chi connectivity index (χ1) is 11.6. The van der Waals surface area contributed by atoms with E-state index in [9.17, 15) is 4.79 Å². The zero-order chi connectivity index (χ0) is 16.9. The number of carbonyl (C=O) groups is 1. The van der Waals surface area contributed by atoms with E-state index in [1.165, 1.54) is 11.1 Å². The molecule has 1 aliphatic rings. The number of rotatable bonds is 5. The van der Waals surface area contributed by atoms with Crippen molar-refractivity contribution in [2.45, 2.75) is 13.0 Å². The van der Waals surface area contributed by atoms with Crippen LogP contribution in [0.25, 0.3) is 0 Å². The third-order valence-corrected chi connectivity index (χ3v) is 5.38. The molecule has 1 amide bonds. The lowest BCUT2D eigenvalue weighted by Gasteiger charge is -2.38. The predicted octanol–water partition coefficient (Wildman–Crippen LogP) is 2.78. The van der Waals surface area contributed by atoms with Gasteiger partial charge in [0.1, 0.15) is 0 Å². The van der Waals surface area contributed by atoms with Crippen molar-refractivity contribution in [3.8, 4) is 0 Å². The molecular weight excluding hydrogens is 318 g/mol. The second-order valence-electron chi connectivity index (χ2n) is 6.49. The van der Waals surface area contributed by atoms with E-state index in [2.05, 4.69) is 39.0 Å². The highest BCUT2D eigenvalue weighted by molar-refractivity contribution is 7.07. The van der Waals surface area contributed by atoms with Gasteiger partial charge in [-0.15, -0.1) is 0 Å². The van der Waals surface area contributed by atoms with Crippen molar-refractivity contribution in [1.29, 1.82) is 0 Å². The van der Waals surface area contributed by atoms with Crippen molar-refractivity contribution < 1.29 is 4.79 Å². The number of nitrogens with zero attached hydrogens (tertiary/aromatic N) is 2. The number of nitrogens with one attached hydrogen (secondary N) is 1. The van der Waals surface area contributed by atoms with Crippen LogP contribution in [0.2, 0.25) is 0 Å². The highest BCUT2D eigenvalue weighted by Gasteiger charge is 2.24. The zero-order valence-electron chi connectivity index (χ0n) is 14.4. The molecule has 5 heteroatoms. The standard InChI is InChI=1S/C19H25N3OS/c1-15-3-5-16(6-4-15)19(23)20-13-18(17-7-12-24-14-17)22-10-8-21(2)9-11-22/h3-7,12,14,18H,8-11,13H2,1-2H3,(H,20,23). The number of aryl methyl sites for hydroxylation is 1. The van der Waals surface area contributed by atoms with Crippen molar-refractivity contribution in [3.05, 3.63) is 57.8 Å². The third-order valence-electron chi connectivity index (χ3n) is 4.68. The number of thiophene rings is 1. The Hall–Kier alpha value is -1.69. The van der Waals surface area contributed by atoms with Crippen molar-refractivity contribution in [2.75, 3.05) is 39.8 Å². The molecule has 1 saturated heterocycles. The van der Waals surface area contributed by atoms with Crippen molar-refractivity contribution in [2.24, 2.45) is 0 Å². The summed E-state index contributed by atoms with van der Waals surface area (Å²) in [6, 6.07) is 10.2. The van der Waals surface area contributed by atoms with Crippen LogP contribution in [0.15, 0.2) is 41.1 Å². The summed E-state index contributed by atoms with van der Waals surface area (Å²) >= 11 is 1.71. The van der Waals surface area contributed by atoms with Gasteiger partial charge in [-0.1, -0.05) is 17.7 Å². The van der Waals surface area contributed by atoms with E-state index in [-0.39, 0.29) is 11.9 Å². The van der Waals surface area contributed by atoms with Crippen LogP contribution in [-0.2, 0) is 0 Å². The van der Waals surface area contributed by atoms with Crippen LogP contribution in [0.3, 0.4) is 0 Å². The van der Waals surface area contributed by atoms with Crippen molar-refractivity contribution in [1.82, 2.24) is 15.1 Å². The average molecular weight is 343 g/mol. The quantitative estimate of drug-likeness (QED) is 0.907. The van der Waals surface area contributed by atoms with Gasteiger partial charge in [0.05, 0.1) is 6.04 Å². The largest absolute Gasteiger partial charge is 0.350 e. The summed E-state index contributed by atoms with van der Waals surface area (Å²) in [4.78, 5) is 17.3. The first-order valence-corrected chi connectivity index (χ1v) is 9.37. The Balaban J connectivity index is 1.66. The number of piperazine rings is 1. The molecule has 0 aliphatic carbocycles. The number of hydrogen-bond donors (Lipinski definition) is 1. The minimum Gasteiger partial charge on any atom is -0.350 e. The van der Waals surface area contributed by atoms with Gasteiger partial charge in [-0.2, -0.15) is 11.3 Å². The van der Waals surface area contributed by atoms with Crippen LogP contribution in [0.1, 0.15) is 27.5 Å². The molecule has 1 aromatic carbocycles. The van der Waals surface area contributed by atoms with E-state index >= 15 is 0 Å². The van der Waals surface area contributed by atoms with Crippen LogP contribution in [0.4, 0.5) is 0 Å². The van der Waals surface area contributed by atoms with E-state index < -0.39 is 0 Å². The molecule has 1 aromatic heterocycles. The number of benzene rings is 1. The van der Waals surface area contributed by atoms with Gasteiger partial charge in [-0.05, 0) is 48.5 Å². The van der Waals surface area contributed by atoms with Gasteiger partial charge in [0, 0.05) is 38.3 Å². The molecule has 1 atom stereocenters. The van der Waals surface area contributed by atoms with Crippen LogP contribution in [0, 0.1) is 6.92 Å². The molecule has 1 fully saturated rings. The lowest BCUT2D eigenvalue weighted by molar-refractivity contribution is 0.0887. The molecule has 0 radical (unpaired) electrons. The Bertz CT molecular complexity index is 646. The van der Waals surface area contributed by atoms with Gasteiger partial charge < -0.3 is 10.2 Å². The van der Waals surface area contributed by atoms with Gasteiger partial charge in [-0.25, -0.2) is 0 Å². The summed E-state index contributed by atoms with van der Waals surface area (Å²) in [6.45, 7) is 6.91. The average Bonchev–Trinajstić information content (AvgIpc) is 3.11. The minimum absolute atomic E-state index is 0.00403. The highest BCUT2D eigenvalue weighted by Crippen LogP contribution is 2.23. The fraction of sp³-hybridized carbons (Fsp3) is 0.421. The summed E-state index contributed by atoms with van der Waals surface area (Å²) in [5.41, 5.74) is 3.19. The number of likely N-dealkylation sites (N-methyl/N-ethyl adjacent to an activating group) is 1. The summed E-state index contributed by atoms with van der Waals surface area (Å²) in [5.74, 6) is 0.00403. The Morgan fingerprint density at radius 2 is 1.88 bits per heavy atom. The molecule has 3 rings (SSSR count). The smallest absolute Gasteiger partial charge is 0.251 e. The summed E-state index contributed by atoms with van der Waals surface area (Å²) in [6.07, 6.45) is 0. The molecule has 1 N–H and O–H groups in total. The second-order valence-corrected chi connectivity index (χ2v) is 7.27.